The molecule has 0 nitrogen and oxygen atoms in total. The molecule has 1 aromatic rings. The summed E-state index contributed by atoms with van der Waals surface area (Å²) < 4.78 is 0. The minimum atomic E-state index is 0. The van der Waals surface area contributed by atoms with Crippen LogP contribution in [0.15, 0.2) is 42.0 Å². The number of benzene rings is 1. The summed E-state index contributed by atoms with van der Waals surface area (Å²) >= 11 is 0. The molecule has 0 N–H and O–H groups in total. The molecule has 1 unspecified atom stereocenters. The summed E-state index contributed by atoms with van der Waals surface area (Å²) in [7, 11) is 0. The summed E-state index contributed by atoms with van der Waals surface area (Å²) in [5.74, 6) is 0.508. The molecule has 22 heavy (non-hydrogen) atoms. The van der Waals surface area contributed by atoms with Gasteiger partial charge in [0.1, 0.15) is 0 Å². The molecule has 3 heteroatoms. The minimum Gasteiger partial charge on any atom is -0.147 e. The fourth-order valence-electron chi connectivity index (χ4n) is 3.50. The van der Waals surface area contributed by atoms with E-state index in [1.165, 1.54) is 22.3 Å². The van der Waals surface area contributed by atoms with Crippen LogP contribution in [0.25, 0.3) is 6.08 Å². The van der Waals surface area contributed by atoms with Gasteiger partial charge in [-0.05, 0) is 47.9 Å². The third-order valence-electron chi connectivity index (χ3n) is 4.87. The standard InChI is InChI=1S/C19H22.2ClH.Zr/c1-13-9-10-14(2)18-16(13)11-12-17(18)19(3,4)15-7-5-6-8-15;;;/h5-7,9-12,17H,8H2,1-4H3;2*1H;. The average Bonchev–Trinajstić information content (AvgIpc) is 3.02. The van der Waals surface area contributed by atoms with Crippen molar-refractivity contribution < 1.29 is 26.2 Å². The second-order valence-corrected chi connectivity index (χ2v) is 6.41. The number of rotatable bonds is 2. The van der Waals surface area contributed by atoms with Crippen molar-refractivity contribution in [2.45, 2.75) is 40.0 Å². The predicted octanol–water partition coefficient (Wildman–Crippen LogP) is 6.17. The molecule has 0 amide bonds. The minimum absolute atomic E-state index is 0. The Kier molecular flexibility index (Phi) is 8.10. The molecule has 0 bridgehead atoms. The second-order valence-electron chi connectivity index (χ2n) is 6.41. The second kappa shape index (κ2) is 8.14. The molecule has 3 rings (SSSR count). The molecule has 2 aliphatic carbocycles. The van der Waals surface area contributed by atoms with Crippen LogP contribution in [0.4, 0.5) is 0 Å². The van der Waals surface area contributed by atoms with E-state index in [9.17, 15) is 0 Å². The molecular formula is C19H24Cl2Zr. The van der Waals surface area contributed by atoms with Gasteiger partial charge in [-0.25, -0.2) is 0 Å². The molecule has 0 fully saturated rings. The van der Waals surface area contributed by atoms with Crippen LogP contribution in [0.1, 0.15) is 48.4 Å². The van der Waals surface area contributed by atoms with Crippen molar-refractivity contribution in [1.82, 2.24) is 0 Å². The number of allylic oxidation sites excluding steroid dienone is 5. The third kappa shape index (κ3) is 3.53. The Bertz CT molecular complexity index is 625. The van der Waals surface area contributed by atoms with E-state index >= 15 is 0 Å². The maximum absolute atomic E-state index is 2.41. The van der Waals surface area contributed by atoms with Crippen molar-refractivity contribution in [3.8, 4) is 0 Å². The normalized spacial score (nSPS) is 18.0. The van der Waals surface area contributed by atoms with E-state index < -0.39 is 0 Å². The van der Waals surface area contributed by atoms with E-state index in [0.29, 0.717) is 5.92 Å². The quantitative estimate of drug-likeness (QED) is 0.543. The number of hydrogen-bond acceptors (Lipinski definition) is 0. The van der Waals surface area contributed by atoms with Gasteiger partial charge in [0.05, 0.1) is 0 Å². The monoisotopic (exact) mass is 412 g/mol. The van der Waals surface area contributed by atoms with E-state index in [1.807, 2.05) is 0 Å². The van der Waals surface area contributed by atoms with Crippen LogP contribution in [-0.2, 0) is 26.2 Å². The Morgan fingerprint density at radius 3 is 2.27 bits per heavy atom. The van der Waals surface area contributed by atoms with Gasteiger partial charge in [-0.3, -0.25) is 0 Å². The van der Waals surface area contributed by atoms with Gasteiger partial charge in [0.15, 0.2) is 0 Å². The molecule has 1 aromatic carbocycles. The van der Waals surface area contributed by atoms with Gasteiger partial charge in [-0.1, -0.05) is 61.9 Å². The number of halogens is 2. The average molecular weight is 415 g/mol. The molecule has 2 aliphatic rings. The first-order valence-corrected chi connectivity index (χ1v) is 7.16. The van der Waals surface area contributed by atoms with Crippen molar-refractivity contribution >= 4 is 30.9 Å². The van der Waals surface area contributed by atoms with E-state index in [4.69, 9.17) is 0 Å². The zero-order chi connectivity index (χ0) is 13.6. The molecule has 0 saturated heterocycles. The van der Waals surface area contributed by atoms with Crippen molar-refractivity contribution in [1.29, 1.82) is 0 Å². The maximum atomic E-state index is 2.41. The van der Waals surface area contributed by atoms with Crippen molar-refractivity contribution in [3.05, 3.63) is 64.3 Å². The van der Waals surface area contributed by atoms with Crippen LogP contribution in [0.3, 0.4) is 0 Å². The van der Waals surface area contributed by atoms with Crippen LogP contribution >= 0.6 is 24.8 Å². The molecule has 118 valence electrons. The molecule has 0 aliphatic heterocycles. The van der Waals surface area contributed by atoms with Crippen molar-refractivity contribution in [2.24, 2.45) is 5.41 Å². The predicted molar refractivity (Wildman–Crippen MR) is 97.8 cm³/mol. The Hall–Kier alpha value is -0.0969. The largest absolute Gasteiger partial charge is 0.147 e. The van der Waals surface area contributed by atoms with Crippen molar-refractivity contribution in [2.75, 3.05) is 0 Å². The van der Waals surface area contributed by atoms with Gasteiger partial charge in [-0.2, -0.15) is 0 Å². The first-order valence-electron chi connectivity index (χ1n) is 7.16. The summed E-state index contributed by atoms with van der Waals surface area (Å²) in [5, 5.41) is 0. The zero-order valence-corrected chi connectivity index (χ0v) is 17.7. The molecule has 0 spiro atoms. The van der Waals surface area contributed by atoms with E-state index in [0.717, 1.165) is 6.42 Å². The Labute approximate surface area is 166 Å². The molecule has 0 heterocycles. The van der Waals surface area contributed by atoms with Gasteiger partial charge in [0, 0.05) is 32.1 Å². The van der Waals surface area contributed by atoms with Gasteiger partial charge in [0.2, 0.25) is 0 Å². The van der Waals surface area contributed by atoms with Crippen LogP contribution in [0.5, 0.6) is 0 Å². The first-order chi connectivity index (χ1) is 9.01. The summed E-state index contributed by atoms with van der Waals surface area (Å²) in [4.78, 5) is 0. The SMILES string of the molecule is Cc1ccc(C)c2c1C=CC2C(C)(C)C1=CC=CC1.Cl.Cl.[Zr]. The van der Waals surface area contributed by atoms with E-state index in [2.05, 4.69) is 70.2 Å². The fourth-order valence-corrected chi connectivity index (χ4v) is 3.50. The Morgan fingerprint density at radius 2 is 1.68 bits per heavy atom. The third-order valence-corrected chi connectivity index (χ3v) is 4.87. The van der Waals surface area contributed by atoms with Gasteiger partial charge < -0.3 is 0 Å². The molecule has 0 aromatic heterocycles. The Morgan fingerprint density at radius 1 is 1.05 bits per heavy atom. The van der Waals surface area contributed by atoms with Crippen LogP contribution in [0.2, 0.25) is 0 Å². The summed E-state index contributed by atoms with van der Waals surface area (Å²) in [5.41, 5.74) is 7.56. The number of aryl methyl sites for hydroxylation is 2. The van der Waals surface area contributed by atoms with Gasteiger partial charge in [-0.15, -0.1) is 24.8 Å². The first kappa shape index (κ1) is 21.9. The number of fused-ring (bicyclic) bond motifs is 1. The smallest absolute Gasteiger partial charge is 0.0119 e. The van der Waals surface area contributed by atoms with Gasteiger partial charge in [0.25, 0.3) is 0 Å². The Balaban J connectivity index is 0.00000147. The van der Waals surface area contributed by atoms with Gasteiger partial charge >= 0.3 is 0 Å². The zero-order valence-electron chi connectivity index (χ0n) is 13.6. The van der Waals surface area contributed by atoms with Crippen LogP contribution < -0.4 is 0 Å². The number of hydrogen-bond donors (Lipinski definition) is 0. The summed E-state index contributed by atoms with van der Waals surface area (Å²) in [6.45, 7) is 9.24. The van der Waals surface area contributed by atoms with E-state index in [-0.39, 0.29) is 56.4 Å². The summed E-state index contributed by atoms with van der Waals surface area (Å²) in [6, 6.07) is 4.51. The van der Waals surface area contributed by atoms with Crippen LogP contribution in [0, 0.1) is 19.3 Å². The molecule has 1 atom stereocenters. The summed E-state index contributed by atoms with van der Waals surface area (Å²) in [6.07, 6.45) is 12.6. The molecule has 0 radical (unpaired) electrons. The van der Waals surface area contributed by atoms with Crippen molar-refractivity contribution in [3.63, 3.8) is 0 Å². The van der Waals surface area contributed by atoms with E-state index in [1.54, 1.807) is 5.57 Å². The molecule has 0 saturated carbocycles. The maximum Gasteiger partial charge on any atom is 0.0119 e. The topological polar surface area (TPSA) is 0 Å². The van der Waals surface area contributed by atoms with Crippen LogP contribution in [-0.4, -0.2) is 0 Å². The molecular weight excluding hydrogens is 390 g/mol. The fraction of sp³-hybridized carbons (Fsp3) is 0.368.